The van der Waals surface area contributed by atoms with E-state index in [0.29, 0.717) is 16.3 Å². The fourth-order valence-corrected chi connectivity index (χ4v) is 2.42. The number of aromatic hydroxyl groups is 1. The van der Waals surface area contributed by atoms with Crippen molar-refractivity contribution in [2.45, 2.75) is 6.92 Å². The Morgan fingerprint density at radius 2 is 1.68 bits per heavy atom. The maximum absolute atomic E-state index is 11.8. The van der Waals surface area contributed by atoms with Crippen molar-refractivity contribution in [2.75, 3.05) is 5.32 Å². The van der Waals surface area contributed by atoms with Gasteiger partial charge in [0.05, 0.1) is 16.3 Å². The van der Waals surface area contributed by atoms with Crippen LogP contribution in [0.3, 0.4) is 0 Å². The predicted octanol–water partition coefficient (Wildman–Crippen LogP) is 3.75. The summed E-state index contributed by atoms with van der Waals surface area (Å²) in [5, 5.41) is 16.0. The van der Waals surface area contributed by atoms with E-state index in [2.05, 4.69) is 15.8 Å². The lowest BCUT2D eigenvalue weighted by molar-refractivity contribution is -0.136. The number of benzene rings is 2. The number of carbonyl (C=O) groups is 2. The zero-order valence-corrected chi connectivity index (χ0v) is 15.1. The quantitative estimate of drug-likeness (QED) is 0.416. The number of hydrazone groups is 1. The Hall–Kier alpha value is -2.28. The molecule has 9 heteroatoms. The summed E-state index contributed by atoms with van der Waals surface area (Å²) in [5.74, 6) is -2.12. The second-order valence-electron chi connectivity index (χ2n) is 4.95. The summed E-state index contributed by atoms with van der Waals surface area (Å²) in [7, 11) is 0. The highest BCUT2D eigenvalue weighted by molar-refractivity contribution is 6.40. The largest absolute Gasteiger partial charge is 0.505 e. The van der Waals surface area contributed by atoms with E-state index in [-0.39, 0.29) is 15.8 Å². The van der Waals surface area contributed by atoms with Crippen LogP contribution in [0.1, 0.15) is 11.1 Å². The van der Waals surface area contributed by atoms with Crippen LogP contribution in [0.2, 0.25) is 15.1 Å². The number of nitrogens with one attached hydrogen (secondary N) is 2. The average Bonchev–Trinajstić information content (AvgIpc) is 2.55. The van der Waals surface area contributed by atoms with E-state index in [1.54, 1.807) is 12.1 Å². The lowest BCUT2D eigenvalue weighted by Crippen LogP contribution is -2.32. The molecule has 130 valence electrons. The van der Waals surface area contributed by atoms with Crippen molar-refractivity contribution in [1.82, 2.24) is 5.43 Å². The predicted molar refractivity (Wildman–Crippen MR) is 98.7 cm³/mol. The summed E-state index contributed by atoms with van der Waals surface area (Å²) in [6.07, 6.45) is 1.23. The molecule has 0 aromatic heterocycles. The molecule has 0 aliphatic rings. The van der Waals surface area contributed by atoms with Crippen molar-refractivity contribution in [1.29, 1.82) is 0 Å². The third kappa shape index (κ3) is 5.09. The van der Waals surface area contributed by atoms with Crippen LogP contribution in [0.5, 0.6) is 5.75 Å². The summed E-state index contributed by atoms with van der Waals surface area (Å²) >= 11 is 17.5. The number of anilines is 1. The van der Waals surface area contributed by atoms with Crippen LogP contribution in [0.4, 0.5) is 5.69 Å². The Morgan fingerprint density at radius 1 is 1.04 bits per heavy atom. The molecule has 3 N–H and O–H groups in total. The van der Waals surface area contributed by atoms with E-state index in [9.17, 15) is 14.7 Å². The second kappa shape index (κ2) is 8.20. The summed E-state index contributed by atoms with van der Waals surface area (Å²) in [4.78, 5) is 23.5. The summed E-state index contributed by atoms with van der Waals surface area (Å²) < 4.78 is 0. The van der Waals surface area contributed by atoms with E-state index in [4.69, 9.17) is 34.8 Å². The summed E-state index contributed by atoms with van der Waals surface area (Å²) in [6.45, 7) is 1.82. The van der Waals surface area contributed by atoms with Gasteiger partial charge in [0, 0.05) is 10.7 Å². The Bertz CT molecular complexity index is 846. The highest BCUT2D eigenvalue weighted by atomic mass is 35.5. The fraction of sp³-hybridized carbons (Fsp3) is 0.0625. The SMILES string of the molecule is Cc1ccc(NC(=O)C(=O)N/N=C/c2cc(Cl)c(O)c(Cl)c2)cc1Cl. The molecule has 6 nitrogen and oxygen atoms in total. The van der Waals surface area contributed by atoms with Crippen LogP contribution >= 0.6 is 34.8 Å². The lowest BCUT2D eigenvalue weighted by atomic mass is 10.2. The van der Waals surface area contributed by atoms with Gasteiger partial charge in [0.2, 0.25) is 0 Å². The minimum absolute atomic E-state index is 0.0364. The van der Waals surface area contributed by atoms with Crippen molar-refractivity contribution in [3.05, 3.63) is 56.5 Å². The molecule has 0 radical (unpaired) electrons. The zero-order valence-electron chi connectivity index (χ0n) is 12.8. The monoisotopic (exact) mass is 399 g/mol. The van der Waals surface area contributed by atoms with Crippen LogP contribution < -0.4 is 10.7 Å². The van der Waals surface area contributed by atoms with Crippen molar-refractivity contribution in [2.24, 2.45) is 5.10 Å². The molecule has 25 heavy (non-hydrogen) atoms. The van der Waals surface area contributed by atoms with Gasteiger partial charge in [0.25, 0.3) is 0 Å². The Morgan fingerprint density at radius 3 is 2.28 bits per heavy atom. The van der Waals surface area contributed by atoms with E-state index < -0.39 is 11.8 Å². The number of hydrogen-bond acceptors (Lipinski definition) is 4. The van der Waals surface area contributed by atoms with Gasteiger partial charge in [-0.05, 0) is 42.3 Å². The third-order valence-corrected chi connectivity index (χ3v) is 4.04. The third-order valence-electron chi connectivity index (χ3n) is 3.05. The smallest absolute Gasteiger partial charge is 0.329 e. The first-order valence-corrected chi connectivity index (χ1v) is 8.00. The molecule has 0 heterocycles. The average molecular weight is 401 g/mol. The lowest BCUT2D eigenvalue weighted by Gasteiger charge is -2.05. The number of phenols is 1. The molecular weight excluding hydrogens is 389 g/mol. The topological polar surface area (TPSA) is 90.8 Å². The van der Waals surface area contributed by atoms with Gasteiger partial charge in [-0.1, -0.05) is 40.9 Å². The Balaban J connectivity index is 1.97. The molecule has 0 unspecified atom stereocenters. The maximum Gasteiger partial charge on any atom is 0.329 e. The molecule has 0 bridgehead atoms. The van der Waals surface area contributed by atoms with Gasteiger partial charge in [0.15, 0.2) is 5.75 Å². The highest BCUT2D eigenvalue weighted by Crippen LogP contribution is 2.32. The first kappa shape index (κ1) is 19.1. The number of hydrogen-bond donors (Lipinski definition) is 3. The number of carbonyl (C=O) groups excluding carboxylic acids is 2. The molecule has 0 fully saturated rings. The number of phenolic OH excluding ortho intramolecular Hbond substituents is 1. The molecular formula is C16H12Cl3N3O3. The second-order valence-corrected chi connectivity index (χ2v) is 6.17. The van der Waals surface area contributed by atoms with Gasteiger partial charge in [-0.25, -0.2) is 5.43 Å². The van der Waals surface area contributed by atoms with Crippen LogP contribution in [-0.2, 0) is 9.59 Å². The molecule has 0 saturated heterocycles. The fourth-order valence-electron chi connectivity index (χ4n) is 1.73. The van der Waals surface area contributed by atoms with Crippen molar-refractivity contribution in [3.63, 3.8) is 0 Å². The van der Waals surface area contributed by atoms with Gasteiger partial charge in [-0.3, -0.25) is 9.59 Å². The maximum atomic E-state index is 11.8. The van der Waals surface area contributed by atoms with Gasteiger partial charge in [-0.2, -0.15) is 5.10 Å². The van der Waals surface area contributed by atoms with Gasteiger partial charge in [-0.15, -0.1) is 0 Å². The summed E-state index contributed by atoms with van der Waals surface area (Å²) in [6, 6.07) is 7.66. The standard InChI is InChI=1S/C16H12Cl3N3O3/c1-8-2-3-10(6-11(8)17)21-15(24)16(25)22-20-7-9-4-12(18)14(23)13(19)5-9/h2-7,23H,1H3,(H,21,24)(H,22,25)/b20-7+. The number of halogens is 3. The number of aryl methyl sites for hydroxylation is 1. The molecule has 2 aromatic rings. The molecule has 2 rings (SSSR count). The first-order valence-electron chi connectivity index (χ1n) is 6.86. The Kier molecular flexibility index (Phi) is 6.25. The van der Waals surface area contributed by atoms with E-state index in [1.807, 2.05) is 6.92 Å². The van der Waals surface area contributed by atoms with Crippen molar-refractivity contribution < 1.29 is 14.7 Å². The minimum Gasteiger partial charge on any atom is -0.505 e. The van der Waals surface area contributed by atoms with E-state index >= 15 is 0 Å². The molecule has 0 aliphatic heterocycles. The highest BCUT2D eigenvalue weighted by Gasteiger charge is 2.13. The van der Waals surface area contributed by atoms with Crippen molar-refractivity contribution in [3.8, 4) is 5.75 Å². The molecule has 2 amide bonds. The molecule has 0 spiro atoms. The number of rotatable bonds is 3. The number of nitrogens with zero attached hydrogens (tertiary/aromatic N) is 1. The van der Waals surface area contributed by atoms with E-state index in [1.165, 1.54) is 24.4 Å². The van der Waals surface area contributed by atoms with Crippen LogP contribution in [0.25, 0.3) is 0 Å². The van der Waals surface area contributed by atoms with Gasteiger partial charge >= 0.3 is 11.8 Å². The Labute approximate surface area is 158 Å². The summed E-state index contributed by atoms with van der Waals surface area (Å²) in [5.41, 5.74) is 3.73. The normalized spacial score (nSPS) is 10.7. The zero-order chi connectivity index (χ0) is 18.6. The van der Waals surface area contributed by atoms with Gasteiger partial charge < -0.3 is 10.4 Å². The molecule has 0 aliphatic carbocycles. The van der Waals surface area contributed by atoms with Crippen molar-refractivity contribution >= 4 is 58.5 Å². The number of amides is 2. The molecule has 2 aromatic carbocycles. The minimum atomic E-state index is -0.969. The van der Waals surface area contributed by atoms with Gasteiger partial charge in [0.1, 0.15) is 0 Å². The molecule has 0 atom stereocenters. The van der Waals surface area contributed by atoms with E-state index in [0.717, 1.165) is 5.56 Å². The van der Waals surface area contributed by atoms with Crippen LogP contribution in [-0.4, -0.2) is 23.1 Å². The molecule has 0 saturated carbocycles. The van der Waals surface area contributed by atoms with Crippen LogP contribution in [0.15, 0.2) is 35.4 Å². The van der Waals surface area contributed by atoms with Crippen LogP contribution in [0, 0.1) is 6.92 Å². The first-order chi connectivity index (χ1) is 11.8.